The molecule has 1 atom stereocenters. The molecule has 0 heterocycles. The lowest BCUT2D eigenvalue weighted by molar-refractivity contribution is 0.298. The second-order valence-electron chi connectivity index (χ2n) is 4.95. The van der Waals surface area contributed by atoms with E-state index in [1.165, 1.54) is 12.1 Å². The summed E-state index contributed by atoms with van der Waals surface area (Å²) in [6, 6.07) is 4.93. The molecule has 0 radical (unpaired) electrons. The van der Waals surface area contributed by atoms with E-state index in [9.17, 15) is 4.39 Å². The van der Waals surface area contributed by atoms with Crippen LogP contribution in [-0.4, -0.2) is 13.2 Å². The van der Waals surface area contributed by atoms with Crippen molar-refractivity contribution in [3.63, 3.8) is 0 Å². The maximum absolute atomic E-state index is 13.4. The average molecular weight is 279 g/mol. The van der Waals surface area contributed by atoms with E-state index >= 15 is 0 Å². The number of allylic oxidation sites excluding steroid dienone is 1. The molecule has 0 aliphatic rings. The predicted molar refractivity (Wildman–Crippen MR) is 82.7 cm³/mol. The van der Waals surface area contributed by atoms with Crippen LogP contribution in [0.2, 0.25) is 0 Å². The summed E-state index contributed by atoms with van der Waals surface area (Å²) in [5, 5.41) is 3.33. The molecule has 0 aromatic heterocycles. The molecule has 0 aliphatic heterocycles. The van der Waals surface area contributed by atoms with Crippen LogP contribution in [0.25, 0.3) is 0 Å². The summed E-state index contributed by atoms with van der Waals surface area (Å²) < 4.78 is 19.1. The molecule has 1 aromatic carbocycles. The Kier molecular flexibility index (Phi) is 7.97. The van der Waals surface area contributed by atoms with Crippen molar-refractivity contribution in [3.8, 4) is 5.75 Å². The van der Waals surface area contributed by atoms with E-state index in [2.05, 4.69) is 25.7 Å². The Balaban J connectivity index is 2.54. The summed E-state index contributed by atoms with van der Waals surface area (Å²) in [5.74, 6) is 0.404. The van der Waals surface area contributed by atoms with Gasteiger partial charge in [0.15, 0.2) is 0 Å². The third-order valence-corrected chi connectivity index (χ3v) is 3.26. The first-order valence-corrected chi connectivity index (χ1v) is 7.45. The molecule has 0 aliphatic carbocycles. The molecule has 1 aromatic rings. The molecule has 0 amide bonds. The fourth-order valence-corrected chi connectivity index (χ4v) is 2.16. The van der Waals surface area contributed by atoms with Crippen LogP contribution in [0.15, 0.2) is 30.9 Å². The molecular weight excluding hydrogens is 253 g/mol. The average Bonchev–Trinajstić information content (AvgIpc) is 2.43. The van der Waals surface area contributed by atoms with Crippen LogP contribution in [0.1, 0.15) is 51.1 Å². The minimum atomic E-state index is -0.251. The molecule has 1 unspecified atom stereocenters. The van der Waals surface area contributed by atoms with Crippen molar-refractivity contribution in [1.82, 2.24) is 5.32 Å². The lowest BCUT2D eigenvalue weighted by Gasteiger charge is -2.17. The van der Waals surface area contributed by atoms with Crippen molar-refractivity contribution in [2.24, 2.45) is 0 Å². The number of nitrogens with one attached hydrogen (secondary N) is 1. The third-order valence-electron chi connectivity index (χ3n) is 3.26. The predicted octanol–water partition coefficient (Wildman–Crippen LogP) is 4.62. The van der Waals surface area contributed by atoms with Crippen LogP contribution in [0.3, 0.4) is 0 Å². The van der Waals surface area contributed by atoms with E-state index in [1.54, 1.807) is 6.07 Å². The Hall–Kier alpha value is -1.35. The Morgan fingerprint density at radius 1 is 1.35 bits per heavy atom. The SMILES string of the molecule is C=CCCCCCOc1cc(F)ccc1C(C)NCC. The molecule has 0 bridgehead atoms. The number of benzene rings is 1. The molecule has 3 heteroatoms. The van der Waals surface area contributed by atoms with Gasteiger partial charge in [0, 0.05) is 17.7 Å². The van der Waals surface area contributed by atoms with E-state index in [4.69, 9.17) is 4.74 Å². The van der Waals surface area contributed by atoms with Gasteiger partial charge in [-0.05, 0) is 45.2 Å². The van der Waals surface area contributed by atoms with Gasteiger partial charge in [0.05, 0.1) is 6.61 Å². The Morgan fingerprint density at radius 3 is 2.85 bits per heavy atom. The van der Waals surface area contributed by atoms with Crippen LogP contribution >= 0.6 is 0 Å². The second kappa shape index (κ2) is 9.54. The lowest BCUT2D eigenvalue weighted by Crippen LogP contribution is -2.18. The summed E-state index contributed by atoms with van der Waals surface area (Å²) in [6.45, 7) is 9.33. The van der Waals surface area contributed by atoms with Crippen molar-refractivity contribution in [2.75, 3.05) is 13.2 Å². The number of ether oxygens (including phenoxy) is 1. The first-order chi connectivity index (χ1) is 9.69. The fraction of sp³-hybridized carbons (Fsp3) is 0.529. The van der Waals surface area contributed by atoms with Crippen LogP contribution in [0, 0.1) is 5.82 Å². The van der Waals surface area contributed by atoms with Crippen LogP contribution in [-0.2, 0) is 0 Å². The minimum absolute atomic E-state index is 0.163. The highest BCUT2D eigenvalue weighted by Gasteiger charge is 2.11. The molecule has 0 spiro atoms. The highest BCUT2D eigenvalue weighted by atomic mass is 19.1. The Labute approximate surface area is 122 Å². The van der Waals surface area contributed by atoms with Gasteiger partial charge in [-0.2, -0.15) is 0 Å². The number of unbranched alkanes of at least 4 members (excludes halogenated alkanes) is 3. The lowest BCUT2D eigenvalue weighted by atomic mass is 10.1. The van der Waals surface area contributed by atoms with E-state index in [0.29, 0.717) is 12.4 Å². The first kappa shape index (κ1) is 16.7. The quantitative estimate of drug-likeness (QED) is 0.498. The topological polar surface area (TPSA) is 21.3 Å². The third kappa shape index (κ3) is 5.74. The van der Waals surface area contributed by atoms with E-state index < -0.39 is 0 Å². The molecule has 20 heavy (non-hydrogen) atoms. The summed E-state index contributed by atoms with van der Waals surface area (Å²) in [5.41, 5.74) is 1.01. The number of hydrogen-bond donors (Lipinski definition) is 1. The maximum Gasteiger partial charge on any atom is 0.126 e. The molecule has 1 rings (SSSR count). The van der Waals surface area contributed by atoms with Crippen LogP contribution in [0.4, 0.5) is 4.39 Å². The van der Waals surface area contributed by atoms with Gasteiger partial charge in [-0.15, -0.1) is 6.58 Å². The van der Waals surface area contributed by atoms with Crippen molar-refractivity contribution in [2.45, 2.75) is 45.6 Å². The highest BCUT2D eigenvalue weighted by molar-refractivity contribution is 5.36. The van der Waals surface area contributed by atoms with Crippen molar-refractivity contribution >= 4 is 0 Å². The zero-order valence-corrected chi connectivity index (χ0v) is 12.6. The molecule has 1 N–H and O–H groups in total. The van der Waals surface area contributed by atoms with Crippen molar-refractivity contribution < 1.29 is 9.13 Å². The molecule has 0 saturated carbocycles. The Morgan fingerprint density at radius 2 is 2.15 bits per heavy atom. The summed E-state index contributed by atoms with van der Waals surface area (Å²) in [6.07, 6.45) is 6.21. The largest absolute Gasteiger partial charge is 0.493 e. The summed E-state index contributed by atoms with van der Waals surface area (Å²) in [4.78, 5) is 0. The number of halogens is 1. The fourth-order valence-electron chi connectivity index (χ4n) is 2.16. The van der Waals surface area contributed by atoms with E-state index in [-0.39, 0.29) is 11.9 Å². The number of hydrogen-bond acceptors (Lipinski definition) is 2. The molecule has 2 nitrogen and oxygen atoms in total. The highest BCUT2D eigenvalue weighted by Crippen LogP contribution is 2.26. The standard InChI is InChI=1S/C17H26FNO/c1-4-6-7-8-9-12-20-17-13-15(18)10-11-16(17)14(3)19-5-2/h4,10-11,13-14,19H,1,5-9,12H2,2-3H3. The zero-order valence-electron chi connectivity index (χ0n) is 12.6. The summed E-state index contributed by atoms with van der Waals surface area (Å²) in [7, 11) is 0. The first-order valence-electron chi connectivity index (χ1n) is 7.45. The van der Waals surface area contributed by atoms with Crippen LogP contribution < -0.4 is 10.1 Å². The van der Waals surface area contributed by atoms with E-state index in [1.807, 2.05) is 6.08 Å². The maximum atomic E-state index is 13.4. The minimum Gasteiger partial charge on any atom is -0.493 e. The van der Waals surface area contributed by atoms with E-state index in [0.717, 1.165) is 37.8 Å². The number of rotatable bonds is 10. The van der Waals surface area contributed by atoms with Gasteiger partial charge in [-0.3, -0.25) is 0 Å². The van der Waals surface area contributed by atoms with Gasteiger partial charge in [-0.1, -0.05) is 19.1 Å². The second-order valence-corrected chi connectivity index (χ2v) is 4.95. The van der Waals surface area contributed by atoms with Crippen molar-refractivity contribution in [1.29, 1.82) is 0 Å². The van der Waals surface area contributed by atoms with Gasteiger partial charge < -0.3 is 10.1 Å². The molecule has 112 valence electrons. The zero-order chi connectivity index (χ0) is 14.8. The Bertz CT molecular complexity index is 406. The van der Waals surface area contributed by atoms with Crippen LogP contribution in [0.5, 0.6) is 5.75 Å². The summed E-state index contributed by atoms with van der Waals surface area (Å²) >= 11 is 0. The normalized spacial score (nSPS) is 12.2. The molecular formula is C17H26FNO. The molecule has 0 fully saturated rings. The van der Waals surface area contributed by atoms with Crippen molar-refractivity contribution in [3.05, 3.63) is 42.2 Å². The van der Waals surface area contributed by atoms with Gasteiger partial charge in [-0.25, -0.2) is 4.39 Å². The van der Waals surface area contributed by atoms with Gasteiger partial charge in [0.1, 0.15) is 11.6 Å². The van der Waals surface area contributed by atoms with Gasteiger partial charge in [0.2, 0.25) is 0 Å². The monoisotopic (exact) mass is 279 g/mol. The molecule has 0 saturated heterocycles. The smallest absolute Gasteiger partial charge is 0.126 e. The van der Waals surface area contributed by atoms with Gasteiger partial charge in [0.25, 0.3) is 0 Å². The van der Waals surface area contributed by atoms with Gasteiger partial charge >= 0.3 is 0 Å².